The van der Waals surface area contributed by atoms with Gasteiger partial charge in [0.05, 0.1) is 32.8 Å². The van der Waals surface area contributed by atoms with E-state index in [4.69, 9.17) is 25.8 Å². The van der Waals surface area contributed by atoms with Crippen molar-refractivity contribution < 1.29 is 24.1 Å². The summed E-state index contributed by atoms with van der Waals surface area (Å²) in [5.74, 6) is 0.691. The van der Waals surface area contributed by atoms with Gasteiger partial charge in [-0.25, -0.2) is 0 Å². The molecule has 0 aromatic heterocycles. The maximum atomic E-state index is 11.2. The maximum absolute atomic E-state index is 11.2. The molecule has 1 unspecified atom stereocenters. The average molecular weight is 315 g/mol. The third-order valence-corrected chi connectivity index (χ3v) is 4.17. The number of halogens is 1. The van der Waals surface area contributed by atoms with Crippen molar-refractivity contribution in [1.82, 2.24) is 0 Å². The summed E-state index contributed by atoms with van der Waals surface area (Å²) in [5, 5.41) is 9.58. The van der Waals surface area contributed by atoms with Crippen LogP contribution in [0, 0.1) is 5.92 Å². The van der Waals surface area contributed by atoms with Gasteiger partial charge in [0.15, 0.2) is 11.5 Å². The first-order chi connectivity index (χ1) is 10.0. The third kappa shape index (κ3) is 3.18. The second kappa shape index (κ2) is 6.43. The van der Waals surface area contributed by atoms with Crippen LogP contribution in [-0.4, -0.2) is 32.4 Å². The Kier molecular flexibility index (Phi) is 4.83. The molecule has 0 amide bonds. The molecule has 1 aliphatic rings. The van der Waals surface area contributed by atoms with E-state index in [0.717, 1.165) is 12.8 Å². The van der Waals surface area contributed by atoms with Crippen LogP contribution in [0.15, 0.2) is 6.07 Å². The molecule has 0 radical (unpaired) electrons. The van der Waals surface area contributed by atoms with E-state index in [1.165, 1.54) is 21.3 Å². The van der Waals surface area contributed by atoms with Crippen LogP contribution in [0.1, 0.15) is 30.7 Å². The van der Waals surface area contributed by atoms with Crippen molar-refractivity contribution in [3.05, 3.63) is 16.7 Å². The molecule has 0 bridgehead atoms. The summed E-state index contributed by atoms with van der Waals surface area (Å²) < 4.78 is 16.0. The van der Waals surface area contributed by atoms with E-state index in [0.29, 0.717) is 33.8 Å². The Morgan fingerprint density at radius 1 is 1.29 bits per heavy atom. The standard InChI is InChI=1S/C15H19ClO5/c1-19-10-7-11(20-2)15(21-3)13(14(10)16)9(6-12(17)18)8-4-5-8/h7-9H,4-6H2,1-3H3,(H,17,18). The monoisotopic (exact) mass is 314 g/mol. The zero-order chi connectivity index (χ0) is 15.6. The highest BCUT2D eigenvalue weighted by Gasteiger charge is 2.38. The molecule has 0 spiro atoms. The Labute approximate surface area is 128 Å². The molecule has 1 fully saturated rings. The highest BCUT2D eigenvalue weighted by atomic mass is 35.5. The van der Waals surface area contributed by atoms with Crippen LogP contribution in [0.2, 0.25) is 5.02 Å². The van der Waals surface area contributed by atoms with E-state index in [-0.39, 0.29) is 12.3 Å². The lowest BCUT2D eigenvalue weighted by atomic mass is 9.89. The number of aliphatic carboxylic acids is 1. The van der Waals surface area contributed by atoms with E-state index in [9.17, 15) is 9.90 Å². The van der Waals surface area contributed by atoms with Gasteiger partial charge in [-0.05, 0) is 18.8 Å². The van der Waals surface area contributed by atoms with E-state index in [2.05, 4.69) is 0 Å². The van der Waals surface area contributed by atoms with E-state index >= 15 is 0 Å². The van der Waals surface area contributed by atoms with Crippen molar-refractivity contribution in [2.45, 2.75) is 25.2 Å². The van der Waals surface area contributed by atoms with Gasteiger partial charge in [-0.3, -0.25) is 4.79 Å². The minimum atomic E-state index is -0.855. The lowest BCUT2D eigenvalue weighted by Crippen LogP contribution is -2.11. The van der Waals surface area contributed by atoms with Gasteiger partial charge in [0.2, 0.25) is 0 Å². The molecular formula is C15H19ClO5. The van der Waals surface area contributed by atoms with Crippen molar-refractivity contribution in [2.75, 3.05) is 21.3 Å². The zero-order valence-corrected chi connectivity index (χ0v) is 13.1. The molecule has 1 N–H and O–H groups in total. The molecule has 1 aromatic rings. The smallest absolute Gasteiger partial charge is 0.303 e. The van der Waals surface area contributed by atoms with Crippen LogP contribution in [0.25, 0.3) is 0 Å². The Hall–Kier alpha value is -1.62. The van der Waals surface area contributed by atoms with Crippen molar-refractivity contribution >= 4 is 17.6 Å². The minimum Gasteiger partial charge on any atom is -0.495 e. The van der Waals surface area contributed by atoms with Crippen molar-refractivity contribution in [3.63, 3.8) is 0 Å². The molecule has 1 atom stereocenters. The molecule has 21 heavy (non-hydrogen) atoms. The van der Waals surface area contributed by atoms with Gasteiger partial charge in [-0.2, -0.15) is 0 Å². The lowest BCUT2D eigenvalue weighted by molar-refractivity contribution is -0.137. The first kappa shape index (κ1) is 15.8. The predicted octanol–water partition coefficient (Wildman–Crippen LogP) is 3.33. The summed E-state index contributed by atoms with van der Waals surface area (Å²) in [5.41, 5.74) is 0.667. The van der Waals surface area contributed by atoms with Gasteiger partial charge < -0.3 is 19.3 Å². The molecule has 116 valence electrons. The Bertz CT molecular complexity index is 539. The molecule has 0 heterocycles. The van der Waals surface area contributed by atoms with E-state index < -0.39 is 5.97 Å². The quantitative estimate of drug-likeness (QED) is 0.836. The van der Waals surface area contributed by atoms with Crippen LogP contribution in [0.3, 0.4) is 0 Å². The SMILES string of the molecule is COc1cc(OC)c(OC)c(C(CC(=O)O)C2CC2)c1Cl. The molecule has 1 saturated carbocycles. The van der Waals surface area contributed by atoms with Gasteiger partial charge in [-0.15, -0.1) is 0 Å². The number of rotatable bonds is 7. The summed E-state index contributed by atoms with van der Waals surface area (Å²) in [7, 11) is 4.56. The molecule has 0 saturated heterocycles. The average Bonchev–Trinajstić information content (AvgIpc) is 3.28. The summed E-state index contributed by atoms with van der Waals surface area (Å²) in [6, 6.07) is 1.65. The Morgan fingerprint density at radius 3 is 2.33 bits per heavy atom. The fourth-order valence-corrected chi connectivity index (χ4v) is 3.00. The fourth-order valence-electron chi connectivity index (χ4n) is 2.65. The number of hydrogen-bond acceptors (Lipinski definition) is 4. The maximum Gasteiger partial charge on any atom is 0.303 e. The first-order valence-corrected chi connectivity index (χ1v) is 7.11. The lowest BCUT2D eigenvalue weighted by Gasteiger charge is -2.22. The highest BCUT2D eigenvalue weighted by molar-refractivity contribution is 6.33. The Balaban J connectivity index is 2.59. The van der Waals surface area contributed by atoms with Gasteiger partial charge in [0.25, 0.3) is 0 Å². The van der Waals surface area contributed by atoms with Gasteiger partial charge in [0.1, 0.15) is 5.75 Å². The summed E-state index contributed by atoms with van der Waals surface area (Å²) in [6.07, 6.45) is 2.00. The van der Waals surface area contributed by atoms with Crippen LogP contribution in [0.5, 0.6) is 17.2 Å². The van der Waals surface area contributed by atoms with Gasteiger partial charge in [-0.1, -0.05) is 11.6 Å². The van der Waals surface area contributed by atoms with Crippen LogP contribution in [-0.2, 0) is 4.79 Å². The zero-order valence-electron chi connectivity index (χ0n) is 12.3. The fraction of sp³-hybridized carbons (Fsp3) is 0.533. The number of methoxy groups -OCH3 is 3. The van der Waals surface area contributed by atoms with Crippen molar-refractivity contribution in [2.24, 2.45) is 5.92 Å². The molecular weight excluding hydrogens is 296 g/mol. The van der Waals surface area contributed by atoms with Crippen molar-refractivity contribution in [3.8, 4) is 17.2 Å². The summed E-state index contributed by atoms with van der Waals surface area (Å²) in [4.78, 5) is 11.2. The third-order valence-electron chi connectivity index (χ3n) is 3.78. The highest BCUT2D eigenvalue weighted by Crippen LogP contribution is 2.53. The number of hydrogen-bond donors (Lipinski definition) is 1. The number of carbonyl (C=O) groups is 1. The Morgan fingerprint density at radius 2 is 1.90 bits per heavy atom. The first-order valence-electron chi connectivity index (χ1n) is 6.73. The summed E-state index contributed by atoms with van der Waals surface area (Å²) >= 11 is 6.42. The number of carboxylic acid groups (broad SMARTS) is 1. The topological polar surface area (TPSA) is 65.0 Å². The summed E-state index contributed by atoms with van der Waals surface area (Å²) in [6.45, 7) is 0. The molecule has 1 aliphatic carbocycles. The largest absolute Gasteiger partial charge is 0.495 e. The van der Waals surface area contributed by atoms with Crippen LogP contribution in [0.4, 0.5) is 0 Å². The molecule has 1 aromatic carbocycles. The minimum absolute atomic E-state index is 0.0110. The molecule has 6 heteroatoms. The molecule has 0 aliphatic heterocycles. The predicted molar refractivity (Wildman–Crippen MR) is 78.8 cm³/mol. The van der Waals surface area contributed by atoms with Gasteiger partial charge in [0, 0.05) is 17.5 Å². The van der Waals surface area contributed by atoms with Crippen LogP contribution < -0.4 is 14.2 Å². The van der Waals surface area contributed by atoms with Crippen molar-refractivity contribution in [1.29, 1.82) is 0 Å². The molecule has 5 nitrogen and oxygen atoms in total. The second-order valence-electron chi connectivity index (χ2n) is 5.08. The van der Waals surface area contributed by atoms with E-state index in [1.54, 1.807) is 6.07 Å². The normalized spacial score (nSPS) is 15.4. The van der Waals surface area contributed by atoms with Crippen LogP contribution >= 0.6 is 11.6 Å². The number of ether oxygens (including phenoxy) is 3. The second-order valence-corrected chi connectivity index (χ2v) is 5.46. The number of carboxylic acids is 1. The number of benzene rings is 1. The van der Waals surface area contributed by atoms with E-state index in [1.807, 2.05) is 0 Å². The van der Waals surface area contributed by atoms with Gasteiger partial charge >= 0.3 is 5.97 Å². The molecule has 2 rings (SSSR count).